The molecule has 0 saturated heterocycles. The van der Waals surface area contributed by atoms with Crippen molar-refractivity contribution in [2.75, 3.05) is 0 Å². The zero-order valence-electron chi connectivity index (χ0n) is 13.7. The van der Waals surface area contributed by atoms with Crippen LogP contribution >= 0.6 is 0 Å². The molecule has 0 fully saturated rings. The van der Waals surface area contributed by atoms with E-state index in [0.717, 1.165) is 18.3 Å². The van der Waals surface area contributed by atoms with Crippen LogP contribution in [0.1, 0.15) is 40.5 Å². The molecule has 1 rings (SSSR count). The second kappa shape index (κ2) is 9.21. The van der Waals surface area contributed by atoms with E-state index in [1.54, 1.807) is 0 Å². The molecule has 21 heavy (non-hydrogen) atoms. The maximum atomic E-state index is 6.05. The molecule has 4 nitrogen and oxygen atoms in total. The summed E-state index contributed by atoms with van der Waals surface area (Å²) in [5.41, 5.74) is 13.0. The van der Waals surface area contributed by atoms with Crippen LogP contribution in [0.15, 0.2) is 30.3 Å². The molecule has 0 bridgehead atoms. The number of benzene rings is 1. The zero-order valence-corrected chi connectivity index (χ0v) is 13.7. The number of hydrogen-bond acceptors (Lipinski definition) is 4. The summed E-state index contributed by atoms with van der Waals surface area (Å²) in [6.07, 6.45) is 0.848. The third kappa shape index (κ3) is 7.62. The first-order chi connectivity index (χ1) is 9.88. The first-order valence-electron chi connectivity index (χ1n) is 7.75. The fourth-order valence-electron chi connectivity index (χ4n) is 2.16. The van der Waals surface area contributed by atoms with Crippen molar-refractivity contribution in [3.8, 4) is 0 Å². The van der Waals surface area contributed by atoms with Crippen molar-refractivity contribution < 1.29 is 9.31 Å². The highest BCUT2D eigenvalue weighted by molar-refractivity contribution is 6.61. The van der Waals surface area contributed by atoms with Crippen LogP contribution < -0.4 is 16.9 Å². The quantitative estimate of drug-likeness (QED) is 0.540. The molecular weight excluding hydrogens is 263 g/mol. The molecule has 2 unspecified atom stereocenters. The van der Waals surface area contributed by atoms with Crippen molar-refractivity contribution in [1.29, 1.82) is 0 Å². The summed E-state index contributed by atoms with van der Waals surface area (Å²) in [5.74, 6) is 0.946. The van der Waals surface area contributed by atoms with Crippen molar-refractivity contribution in [2.45, 2.75) is 53.0 Å². The van der Waals surface area contributed by atoms with Gasteiger partial charge in [-0.2, -0.15) is 0 Å². The Morgan fingerprint density at radius 1 is 0.857 bits per heavy atom. The fourth-order valence-corrected chi connectivity index (χ4v) is 2.16. The number of nitrogens with two attached hydrogens (primary N) is 2. The summed E-state index contributed by atoms with van der Waals surface area (Å²) >= 11 is 0. The molecule has 0 saturated carbocycles. The van der Waals surface area contributed by atoms with Crippen LogP contribution in [0.5, 0.6) is 0 Å². The SMILES string of the molecule is CC(C)CC(N)OB(OC(N)CC(C)C)c1ccccc1. The largest absolute Gasteiger partial charge is 0.496 e. The number of hydrogen-bond donors (Lipinski definition) is 2. The van der Waals surface area contributed by atoms with Gasteiger partial charge in [-0.15, -0.1) is 0 Å². The van der Waals surface area contributed by atoms with E-state index in [9.17, 15) is 0 Å². The summed E-state index contributed by atoms with van der Waals surface area (Å²) in [7, 11) is -0.520. The van der Waals surface area contributed by atoms with E-state index < -0.39 is 7.12 Å². The fraction of sp³-hybridized carbons (Fsp3) is 0.625. The molecule has 0 aliphatic heterocycles. The first-order valence-corrected chi connectivity index (χ1v) is 7.75. The summed E-state index contributed by atoms with van der Waals surface area (Å²) in [5, 5.41) is 0. The van der Waals surface area contributed by atoms with Gasteiger partial charge in [0.15, 0.2) is 0 Å². The van der Waals surface area contributed by atoms with Gasteiger partial charge >= 0.3 is 7.12 Å². The lowest BCUT2D eigenvalue weighted by molar-refractivity contribution is 0.0927. The van der Waals surface area contributed by atoms with Crippen LogP contribution in [-0.4, -0.2) is 19.6 Å². The van der Waals surface area contributed by atoms with E-state index in [2.05, 4.69) is 27.7 Å². The first kappa shape index (κ1) is 18.2. The van der Waals surface area contributed by atoms with Crippen LogP contribution in [0.2, 0.25) is 0 Å². The average molecular weight is 292 g/mol. The molecule has 2 atom stereocenters. The lowest BCUT2D eigenvalue weighted by atomic mass is 9.78. The molecule has 0 aliphatic carbocycles. The monoisotopic (exact) mass is 292 g/mol. The second-order valence-corrected chi connectivity index (χ2v) is 6.35. The zero-order chi connectivity index (χ0) is 15.8. The van der Waals surface area contributed by atoms with Crippen LogP contribution in [0, 0.1) is 11.8 Å². The van der Waals surface area contributed by atoms with E-state index in [-0.39, 0.29) is 12.5 Å². The minimum atomic E-state index is -0.520. The molecule has 4 N–H and O–H groups in total. The molecule has 0 aliphatic rings. The van der Waals surface area contributed by atoms with E-state index in [1.807, 2.05) is 30.3 Å². The number of rotatable bonds is 9. The highest BCUT2D eigenvalue weighted by Gasteiger charge is 2.27. The summed E-state index contributed by atoms with van der Waals surface area (Å²) in [6, 6.07) is 9.81. The van der Waals surface area contributed by atoms with Gasteiger partial charge in [0.05, 0.1) is 12.5 Å². The molecule has 118 valence electrons. The Bertz CT molecular complexity index is 369. The van der Waals surface area contributed by atoms with E-state index in [0.29, 0.717) is 11.8 Å². The van der Waals surface area contributed by atoms with Gasteiger partial charge in [-0.25, -0.2) is 0 Å². The van der Waals surface area contributed by atoms with Crippen molar-refractivity contribution >= 4 is 12.6 Å². The Morgan fingerprint density at radius 3 is 1.67 bits per heavy atom. The predicted molar refractivity (Wildman–Crippen MR) is 88.9 cm³/mol. The Balaban J connectivity index is 2.71. The predicted octanol–water partition coefficient (Wildman–Crippen LogP) is 2.08. The summed E-state index contributed by atoms with van der Waals surface area (Å²) < 4.78 is 11.8. The topological polar surface area (TPSA) is 70.5 Å². The van der Waals surface area contributed by atoms with Gasteiger partial charge in [0, 0.05) is 0 Å². The van der Waals surface area contributed by atoms with Crippen LogP contribution in [-0.2, 0) is 9.31 Å². The lowest BCUT2D eigenvalue weighted by Gasteiger charge is -2.24. The van der Waals surface area contributed by atoms with E-state index in [1.165, 1.54) is 0 Å². The highest BCUT2D eigenvalue weighted by Crippen LogP contribution is 2.09. The third-order valence-electron chi connectivity index (χ3n) is 3.08. The van der Waals surface area contributed by atoms with Gasteiger partial charge in [-0.05, 0) is 30.1 Å². The maximum absolute atomic E-state index is 6.05. The Hall–Kier alpha value is -0.875. The smallest absolute Gasteiger partial charge is 0.392 e. The van der Waals surface area contributed by atoms with Crippen LogP contribution in [0.25, 0.3) is 0 Å². The van der Waals surface area contributed by atoms with Crippen molar-refractivity contribution in [1.82, 2.24) is 0 Å². The van der Waals surface area contributed by atoms with Crippen molar-refractivity contribution in [3.63, 3.8) is 0 Å². The van der Waals surface area contributed by atoms with Crippen molar-refractivity contribution in [2.24, 2.45) is 23.3 Å². The molecule has 0 spiro atoms. The highest BCUT2D eigenvalue weighted by atomic mass is 16.6. The Morgan fingerprint density at radius 2 is 1.29 bits per heavy atom. The Kier molecular flexibility index (Phi) is 7.97. The van der Waals surface area contributed by atoms with Gasteiger partial charge in [0.2, 0.25) is 0 Å². The molecule has 0 aromatic heterocycles. The van der Waals surface area contributed by atoms with Gasteiger partial charge in [-0.1, -0.05) is 58.0 Å². The van der Waals surface area contributed by atoms with Gasteiger partial charge in [0.1, 0.15) is 0 Å². The van der Waals surface area contributed by atoms with Gasteiger partial charge in [-0.3, -0.25) is 0 Å². The maximum Gasteiger partial charge on any atom is 0.496 e. The lowest BCUT2D eigenvalue weighted by Crippen LogP contribution is -2.47. The summed E-state index contributed by atoms with van der Waals surface area (Å²) in [6.45, 7) is 8.47. The molecule has 1 aromatic carbocycles. The molecule has 0 amide bonds. The minimum Gasteiger partial charge on any atom is -0.392 e. The van der Waals surface area contributed by atoms with Gasteiger partial charge < -0.3 is 20.8 Å². The minimum absolute atomic E-state index is 0.360. The van der Waals surface area contributed by atoms with Crippen LogP contribution in [0.4, 0.5) is 0 Å². The Labute approximate surface area is 129 Å². The molecule has 1 aromatic rings. The molecular formula is C16H29BN2O2. The summed E-state index contributed by atoms with van der Waals surface area (Å²) in [4.78, 5) is 0. The van der Waals surface area contributed by atoms with E-state index >= 15 is 0 Å². The average Bonchev–Trinajstić information content (AvgIpc) is 2.37. The normalized spacial score (nSPS) is 14.5. The van der Waals surface area contributed by atoms with E-state index in [4.69, 9.17) is 20.8 Å². The third-order valence-corrected chi connectivity index (χ3v) is 3.08. The second-order valence-electron chi connectivity index (χ2n) is 6.35. The molecule has 0 heterocycles. The standard InChI is InChI=1S/C16H29BN2O2/c1-12(2)10-15(18)20-17(14-8-6-5-7-9-14)21-16(19)11-13(3)4/h5-9,12-13,15-16H,10-11,18-19H2,1-4H3. The van der Waals surface area contributed by atoms with Gasteiger partial charge in [0.25, 0.3) is 0 Å². The van der Waals surface area contributed by atoms with Crippen molar-refractivity contribution in [3.05, 3.63) is 30.3 Å². The molecule has 0 radical (unpaired) electrons. The molecule has 5 heteroatoms. The van der Waals surface area contributed by atoms with Crippen LogP contribution in [0.3, 0.4) is 0 Å².